The van der Waals surface area contributed by atoms with E-state index < -0.39 is 4.92 Å². The highest BCUT2D eigenvalue weighted by Gasteiger charge is 2.17. The van der Waals surface area contributed by atoms with Gasteiger partial charge < -0.3 is 15.8 Å². The molecule has 106 valence electrons. The zero-order valence-electron chi connectivity index (χ0n) is 11.4. The summed E-state index contributed by atoms with van der Waals surface area (Å²) < 4.78 is 5.39. The van der Waals surface area contributed by atoms with E-state index in [1.54, 1.807) is 6.07 Å². The largest absolute Gasteiger partial charge is 0.380 e. The van der Waals surface area contributed by atoms with Gasteiger partial charge in [-0.05, 0) is 18.9 Å². The Bertz CT molecular complexity index is 437. The molecule has 0 amide bonds. The molecule has 7 nitrogen and oxygen atoms in total. The van der Waals surface area contributed by atoms with Crippen molar-refractivity contribution in [2.45, 2.75) is 26.8 Å². The summed E-state index contributed by atoms with van der Waals surface area (Å²) in [5.74, 6) is 0.764. The van der Waals surface area contributed by atoms with E-state index in [-0.39, 0.29) is 17.5 Å². The third-order valence-corrected chi connectivity index (χ3v) is 2.74. The molecule has 1 heterocycles. The van der Waals surface area contributed by atoms with Gasteiger partial charge in [-0.15, -0.1) is 0 Å². The number of anilines is 2. The van der Waals surface area contributed by atoms with Gasteiger partial charge in [0.2, 0.25) is 5.82 Å². The lowest BCUT2D eigenvalue weighted by atomic mass is 10.1. The number of pyridine rings is 1. The standard InChI is InChI=1S/C12H20N4O3/c1-4-19-7-9(8(2)3)14-11-6-5-10(16(17)18)12(13)15-11/h5-6,8-9H,4,7H2,1-3H3,(H3,13,14,15). The van der Waals surface area contributed by atoms with Gasteiger partial charge in [-0.1, -0.05) is 13.8 Å². The Kier molecular flexibility index (Phi) is 5.50. The van der Waals surface area contributed by atoms with Gasteiger partial charge in [0.15, 0.2) is 0 Å². The van der Waals surface area contributed by atoms with E-state index in [1.165, 1.54) is 6.07 Å². The lowest BCUT2D eigenvalue weighted by molar-refractivity contribution is -0.384. The Balaban J connectivity index is 2.79. The zero-order valence-corrected chi connectivity index (χ0v) is 11.4. The highest BCUT2D eigenvalue weighted by Crippen LogP contribution is 2.21. The van der Waals surface area contributed by atoms with Crippen LogP contribution in [0.1, 0.15) is 20.8 Å². The fraction of sp³-hybridized carbons (Fsp3) is 0.583. The number of aromatic nitrogens is 1. The molecule has 1 atom stereocenters. The minimum absolute atomic E-state index is 0.0771. The predicted octanol–water partition coefficient (Wildman–Crippen LogP) is 2.04. The SMILES string of the molecule is CCOCC(Nc1ccc([N+](=O)[O-])c(N)n1)C(C)C. The van der Waals surface area contributed by atoms with Crippen LogP contribution in [0.5, 0.6) is 0 Å². The van der Waals surface area contributed by atoms with E-state index in [0.717, 1.165) is 0 Å². The molecule has 0 spiro atoms. The van der Waals surface area contributed by atoms with Crippen LogP contribution >= 0.6 is 0 Å². The minimum Gasteiger partial charge on any atom is -0.380 e. The van der Waals surface area contributed by atoms with Crippen molar-refractivity contribution < 1.29 is 9.66 Å². The quantitative estimate of drug-likeness (QED) is 0.579. The van der Waals surface area contributed by atoms with Crippen molar-refractivity contribution >= 4 is 17.3 Å². The zero-order chi connectivity index (χ0) is 14.4. The first-order valence-corrected chi connectivity index (χ1v) is 6.20. The summed E-state index contributed by atoms with van der Waals surface area (Å²) in [6.45, 7) is 7.24. The Labute approximate surface area is 112 Å². The number of nitrogen functional groups attached to an aromatic ring is 1. The monoisotopic (exact) mass is 268 g/mol. The number of nitrogens with one attached hydrogen (secondary N) is 1. The van der Waals surface area contributed by atoms with Crippen molar-refractivity contribution in [3.63, 3.8) is 0 Å². The van der Waals surface area contributed by atoms with Crippen molar-refractivity contribution in [2.75, 3.05) is 24.3 Å². The van der Waals surface area contributed by atoms with Crippen LogP contribution in [-0.2, 0) is 4.74 Å². The number of hydrogen-bond donors (Lipinski definition) is 2. The van der Waals surface area contributed by atoms with Crippen LogP contribution in [0.15, 0.2) is 12.1 Å². The molecule has 19 heavy (non-hydrogen) atoms. The smallest absolute Gasteiger partial charge is 0.311 e. The third kappa shape index (κ3) is 4.36. The maximum Gasteiger partial charge on any atom is 0.311 e. The predicted molar refractivity (Wildman–Crippen MR) is 74.0 cm³/mol. The molecule has 0 saturated carbocycles. The number of hydrogen-bond acceptors (Lipinski definition) is 6. The molecule has 0 aliphatic heterocycles. The van der Waals surface area contributed by atoms with Gasteiger partial charge in [-0.25, -0.2) is 4.98 Å². The van der Waals surface area contributed by atoms with Crippen molar-refractivity contribution in [2.24, 2.45) is 5.92 Å². The number of nitrogens with two attached hydrogens (primary N) is 1. The van der Waals surface area contributed by atoms with Crippen LogP contribution in [-0.4, -0.2) is 29.2 Å². The molecule has 1 rings (SSSR count). The lowest BCUT2D eigenvalue weighted by Crippen LogP contribution is -2.31. The summed E-state index contributed by atoms with van der Waals surface area (Å²) >= 11 is 0. The van der Waals surface area contributed by atoms with Gasteiger partial charge >= 0.3 is 5.69 Å². The molecule has 1 unspecified atom stereocenters. The number of ether oxygens (including phenoxy) is 1. The normalized spacial score (nSPS) is 12.4. The first-order chi connectivity index (χ1) is 8.95. The van der Waals surface area contributed by atoms with Crippen LogP contribution in [0.3, 0.4) is 0 Å². The van der Waals surface area contributed by atoms with Gasteiger partial charge in [0.25, 0.3) is 0 Å². The highest BCUT2D eigenvalue weighted by molar-refractivity contribution is 5.57. The molecule has 0 fully saturated rings. The van der Waals surface area contributed by atoms with Crippen LogP contribution in [0.2, 0.25) is 0 Å². The second-order valence-electron chi connectivity index (χ2n) is 4.51. The van der Waals surface area contributed by atoms with Crippen LogP contribution in [0, 0.1) is 16.0 Å². The van der Waals surface area contributed by atoms with Crippen molar-refractivity contribution in [3.8, 4) is 0 Å². The van der Waals surface area contributed by atoms with Crippen molar-refractivity contribution in [1.29, 1.82) is 0 Å². The van der Waals surface area contributed by atoms with Crippen molar-refractivity contribution in [1.82, 2.24) is 4.98 Å². The van der Waals surface area contributed by atoms with Gasteiger partial charge in [-0.2, -0.15) is 0 Å². The Morgan fingerprint density at radius 1 is 1.53 bits per heavy atom. The summed E-state index contributed by atoms with van der Waals surface area (Å²) in [7, 11) is 0. The van der Waals surface area contributed by atoms with E-state index in [0.29, 0.717) is 24.9 Å². The van der Waals surface area contributed by atoms with Gasteiger partial charge in [0.05, 0.1) is 17.6 Å². The molecule has 0 radical (unpaired) electrons. The molecule has 3 N–H and O–H groups in total. The average molecular weight is 268 g/mol. The maximum atomic E-state index is 10.6. The molecule has 0 saturated heterocycles. The van der Waals surface area contributed by atoms with E-state index in [9.17, 15) is 10.1 Å². The van der Waals surface area contributed by atoms with E-state index in [2.05, 4.69) is 24.1 Å². The molecule has 7 heteroatoms. The summed E-state index contributed by atoms with van der Waals surface area (Å²) in [5, 5.41) is 13.8. The Morgan fingerprint density at radius 2 is 2.21 bits per heavy atom. The second kappa shape index (κ2) is 6.89. The van der Waals surface area contributed by atoms with Crippen LogP contribution in [0.4, 0.5) is 17.3 Å². The molecular formula is C12H20N4O3. The highest BCUT2D eigenvalue weighted by atomic mass is 16.6. The summed E-state index contributed by atoms with van der Waals surface area (Å²) in [5.41, 5.74) is 5.37. The lowest BCUT2D eigenvalue weighted by Gasteiger charge is -2.22. The molecule has 0 aliphatic rings. The first-order valence-electron chi connectivity index (χ1n) is 6.20. The molecule has 0 aromatic carbocycles. The third-order valence-electron chi connectivity index (χ3n) is 2.74. The van der Waals surface area contributed by atoms with E-state index in [1.807, 2.05) is 6.92 Å². The van der Waals surface area contributed by atoms with Gasteiger partial charge in [0.1, 0.15) is 5.82 Å². The Morgan fingerprint density at radius 3 is 2.68 bits per heavy atom. The molecule has 1 aromatic heterocycles. The van der Waals surface area contributed by atoms with E-state index >= 15 is 0 Å². The first kappa shape index (κ1) is 15.2. The van der Waals surface area contributed by atoms with Gasteiger partial charge in [-0.3, -0.25) is 10.1 Å². The van der Waals surface area contributed by atoms with Gasteiger partial charge in [0, 0.05) is 12.7 Å². The topological polar surface area (TPSA) is 103 Å². The number of nitrogens with zero attached hydrogens (tertiary/aromatic N) is 2. The van der Waals surface area contributed by atoms with Crippen LogP contribution < -0.4 is 11.1 Å². The van der Waals surface area contributed by atoms with Crippen molar-refractivity contribution in [3.05, 3.63) is 22.2 Å². The minimum atomic E-state index is -0.549. The average Bonchev–Trinajstić information content (AvgIpc) is 2.33. The molecule has 1 aromatic rings. The van der Waals surface area contributed by atoms with E-state index in [4.69, 9.17) is 10.5 Å². The summed E-state index contributed by atoms with van der Waals surface area (Å²) in [6.07, 6.45) is 0. The fourth-order valence-corrected chi connectivity index (χ4v) is 1.54. The fourth-order valence-electron chi connectivity index (χ4n) is 1.54. The number of rotatable bonds is 7. The second-order valence-corrected chi connectivity index (χ2v) is 4.51. The molecular weight excluding hydrogens is 248 g/mol. The Hall–Kier alpha value is -1.89. The molecule has 0 aliphatic carbocycles. The van der Waals surface area contributed by atoms with Crippen LogP contribution in [0.25, 0.3) is 0 Å². The number of nitro groups is 1. The summed E-state index contributed by atoms with van der Waals surface area (Å²) in [4.78, 5) is 14.1. The molecule has 0 bridgehead atoms. The maximum absolute atomic E-state index is 10.6. The summed E-state index contributed by atoms with van der Waals surface area (Å²) in [6, 6.07) is 2.98.